The molecule has 0 atom stereocenters. The van der Waals surface area contributed by atoms with Gasteiger partial charge in [-0.05, 0) is 36.2 Å². The third kappa shape index (κ3) is 4.21. The molecule has 1 amide bonds. The topological polar surface area (TPSA) is 90.4 Å². The van der Waals surface area contributed by atoms with E-state index < -0.39 is 29.8 Å². The van der Waals surface area contributed by atoms with Gasteiger partial charge in [-0.2, -0.15) is 0 Å². The van der Waals surface area contributed by atoms with Crippen molar-refractivity contribution in [1.82, 2.24) is 18.7 Å². The van der Waals surface area contributed by atoms with E-state index in [-0.39, 0.29) is 23.6 Å². The number of para-hydroxylation sites is 1. The lowest BCUT2D eigenvalue weighted by molar-refractivity contribution is -0.117. The van der Waals surface area contributed by atoms with Crippen LogP contribution in [0.4, 0.5) is 14.5 Å². The number of amides is 1. The molecule has 0 radical (unpaired) electrons. The van der Waals surface area contributed by atoms with Crippen molar-refractivity contribution in [2.45, 2.75) is 19.5 Å². The number of rotatable bonds is 6. The molecule has 35 heavy (non-hydrogen) atoms. The minimum Gasteiger partial charge on any atom is -0.322 e. The number of halogens is 2. The number of carbonyl (C=O) groups is 1. The van der Waals surface area contributed by atoms with E-state index in [1.807, 2.05) is 30.3 Å². The van der Waals surface area contributed by atoms with Crippen molar-refractivity contribution in [3.63, 3.8) is 0 Å². The van der Waals surface area contributed by atoms with Gasteiger partial charge in [-0.1, -0.05) is 42.5 Å². The molecule has 0 fully saturated rings. The van der Waals surface area contributed by atoms with Crippen molar-refractivity contribution in [1.29, 1.82) is 0 Å². The lowest BCUT2D eigenvalue weighted by atomic mass is 10.1. The van der Waals surface area contributed by atoms with Crippen LogP contribution in [0, 0.1) is 11.6 Å². The fourth-order valence-electron chi connectivity index (χ4n) is 3.97. The van der Waals surface area contributed by atoms with Gasteiger partial charge >= 0.3 is 5.69 Å². The molecule has 0 saturated carbocycles. The molecule has 0 saturated heterocycles. The zero-order chi connectivity index (χ0) is 24.5. The zero-order valence-electron chi connectivity index (χ0n) is 18.3. The highest BCUT2D eigenvalue weighted by Crippen LogP contribution is 2.15. The van der Waals surface area contributed by atoms with Gasteiger partial charge in [-0.3, -0.25) is 14.2 Å². The molecule has 8 nitrogen and oxygen atoms in total. The number of aromatic nitrogens is 4. The first-order valence-electron chi connectivity index (χ1n) is 10.8. The Labute approximate surface area is 196 Å². The summed E-state index contributed by atoms with van der Waals surface area (Å²) in [5.41, 5.74) is 0.217. The first-order chi connectivity index (χ1) is 16.9. The van der Waals surface area contributed by atoms with Gasteiger partial charge in [0, 0.05) is 12.6 Å². The maximum absolute atomic E-state index is 13.9. The van der Waals surface area contributed by atoms with Crippen LogP contribution in [-0.4, -0.2) is 24.7 Å². The Morgan fingerprint density at radius 3 is 2.46 bits per heavy atom. The van der Waals surface area contributed by atoms with Crippen LogP contribution in [0.1, 0.15) is 5.56 Å². The van der Waals surface area contributed by atoms with E-state index in [2.05, 4.69) is 10.4 Å². The molecule has 0 aliphatic heterocycles. The van der Waals surface area contributed by atoms with Gasteiger partial charge in [-0.15, -0.1) is 5.10 Å². The molecule has 0 aliphatic rings. The van der Waals surface area contributed by atoms with Gasteiger partial charge in [0.2, 0.25) is 11.7 Å². The van der Waals surface area contributed by atoms with Gasteiger partial charge in [0.05, 0.1) is 16.6 Å². The Balaban J connectivity index is 1.55. The maximum atomic E-state index is 13.9. The summed E-state index contributed by atoms with van der Waals surface area (Å²) in [7, 11) is 0. The molecule has 0 aliphatic carbocycles. The van der Waals surface area contributed by atoms with Crippen LogP contribution in [0.5, 0.6) is 0 Å². The second-order valence-corrected chi connectivity index (χ2v) is 7.96. The van der Waals surface area contributed by atoms with Gasteiger partial charge in [0.25, 0.3) is 5.56 Å². The normalized spacial score (nSPS) is 11.3. The Hall–Kier alpha value is -4.60. The minimum atomic E-state index is -0.943. The minimum absolute atomic E-state index is 0.0930. The molecule has 1 N–H and O–H groups in total. The van der Waals surface area contributed by atoms with E-state index in [0.29, 0.717) is 23.4 Å². The lowest BCUT2D eigenvalue weighted by Crippen LogP contribution is -2.29. The van der Waals surface area contributed by atoms with Crippen LogP contribution in [0.15, 0.2) is 82.4 Å². The number of aryl methyl sites for hydroxylation is 2. The summed E-state index contributed by atoms with van der Waals surface area (Å²) in [5.74, 6) is -2.36. The zero-order valence-corrected chi connectivity index (χ0v) is 18.3. The number of hydrogen-bond acceptors (Lipinski definition) is 4. The van der Waals surface area contributed by atoms with E-state index in [9.17, 15) is 23.2 Å². The predicted octanol–water partition coefficient (Wildman–Crippen LogP) is 2.97. The smallest absolute Gasteiger partial charge is 0.322 e. The summed E-state index contributed by atoms with van der Waals surface area (Å²) in [6.45, 7) is -0.265. The van der Waals surface area contributed by atoms with E-state index in [0.717, 1.165) is 22.4 Å². The molecule has 5 rings (SSSR count). The van der Waals surface area contributed by atoms with Crippen LogP contribution in [0.3, 0.4) is 0 Å². The van der Waals surface area contributed by atoms with E-state index in [1.165, 1.54) is 8.97 Å². The Bertz CT molecular complexity index is 1690. The van der Waals surface area contributed by atoms with Gasteiger partial charge in [0.15, 0.2) is 0 Å². The predicted molar refractivity (Wildman–Crippen MR) is 126 cm³/mol. The first-order valence-corrected chi connectivity index (χ1v) is 10.8. The number of anilines is 1. The van der Waals surface area contributed by atoms with Crippen LogP contribution in [-0.2, 0) is 24.3 Å². The number of hydrogen-bond donors (Lipinski definition) is 1. The summed E-state index contributed by atoms with van der Waals surface area (Å²) >= 11 is 0. The molecule has 10 heteroatoms. The highest BCUT2D eigenvalue weighted by molar-refractivity contribution is 5.90. The molecule has 0 unspecified atom stereocenters. The quantitative estimate of drug-likeness (QED) is 0.409. The average Bonchev–Trinajstić information content (AvgIpc) is 3.17. The summed E-state index contributed by atoms with van der Waals surface area (Å²) in [4.78, 5) is 39.0. The average molecular weight is 475 g/mol. The Morgan fingerprint density at radius 1 is 0.943 bits per heavy atom. The first kappa shape index (κ1) is 22.2. The number of nitrogens with zero attached hydrogens (tertiary/aromatic N) is 4. The summed E-state index contributed by atoms with van der Waals surface area (Å²) in [5, 5.41) is 6.92. The van der Waals surface area contributed by atoms with Crippen LogP contribution in [0.2, 0.25) is 0 Å². The van der Waals surface area contributed by atoms with E-state index in [4.69, 9.17) is 0 Å². The molecule has 2 aromatic heterocycles. The number of benzene rings is 3. The standard InChI is InChI=1S/C25H19F2N5O3/c26-17-10-11-20(19(27)14-17)28-22(33)15-31-25(35)32-21-9-5-4-8-18(21)23(34)30(24(32)29-31)13-12-16-6-2-1-3-7-16/h1-11,14H,12-13,15H2,(H,28,33). The van der Waals surface area contributed by atoms with Crippen LogP contribution < -0.4 is 16.6 Å². The maximum Gasteiger partial charge on any atom is 0.352 e. The van der Waals surface area contributed by atoms with Crippen LogP contribution >= 0.6 is 0 Å². The molecule has 176 valence electrons. The van der Waals surface area contributed by atoms with E-state index >= 15 is 0 Å². The molecular weight excluding hydrogens is 456 g/mol. The van der Waals surface area contributed by atoms with E-state index in [1.54, 1.807) is 24.3 Å². The van der Waals surface area contributed by atoms with Crippen molar-refractivity contribution in [2.24, 2.45) is 0 Å². The fourth-order valence-corrected chi connectivity index (χ4v) is 3.97. The fraction of sp³-hybridized carbons (Fsp3) is 0.120. The van der Waals surface area contributed by atoms with Gasteiger partial charge in [0.1, 0.15) is 18.2 Å². The van der Waals surface area contributed by atoms with Gasteiger partial charge < -0.3 is 5.32 Å². The van der Waals surface area contributed by atoms with Crippen molar-refractivity contribution in [3.05, 3.63) is 111 Å². The molecule has 2 heterocycles. The van der Waals surface area contributed by atoms with Crippen molar-refractivity contribution >= 4 is 28.3 Å². The second-order valence-electron chi connectivity index (χ2n) is 7.96. The lowest BCUT2D eigenvalue weighted by Gasteiger charge is -2.09. The highest BCUT2D eigenvalue weighted by atomic mass is 19.1. The summed E-state index contributed by atoms with van der Waals surface area (Å²) in [6.07, 6.45) is 0.528. The van der Waals surface area contributed by atoms with Gasteiger partial charge in [-0.25, -0.2) is 22.7 Å². The molecule has 3 aromatic carbocycles. The molecular formula is C25H19F2N5O3. The molecule has 0 spiro atoms. The Morgan fingerprint density at radius 2 is 1.69 bits per heavy atom. The molecule has 0 bridgehead atoms. The van der Waals surface area contributed by atoms with Crippen molar-refractivity contribution < 1.29 is 13.6 Å². The third-order valence-electron chi connectivity index (χ3n) is 5.65. The number of fused-ring (bicyclic) bond motifs is 3. The van der Waals surface area contributed by atoms with Crippen molar-refractivity contribution in [2.75, 3.05) is 5.32 Å². The number of nitrogens with one attached hydrogen (secondary N) is 1. The number of carbonyl (C=O) groups excluding carboxylic acids is 1. The SMILES string of the molecule is O=C(Cn1nc2n(CCc3ccccc3)c(=O)c3ccccc3n2c1=O)Nc1ccc(F)cc1F. The summed E-state index contributed by atoms with van der Waals surface area (Å²) in [6, 6.07) is 19.0. The van der Waals surface area contributed by atoms with Crippen molar-refractivity contribution in [3.8, 4) is 0 Å². The Kier molecular flexibility index (Phi) is 5.69. The molecule has 5 aromatic rings. The largest absolute Gasteiger partial charge is 0.352 e. The summed E-state index contributed by atoms with van der Waals surface area (Å²) < 4.78 is 30.7. The second kappa shape index (κ2) is 8.98. The third-order valence-corrected chi connectivity index (χ3v) is 5.65. The highest BCUT2D eigenvalue weighted by Gasteiger charge is 2.19. The van der Waals surface area contributed by atoms with Crippen LogP contribution in [0.25, 0.3) is 16.7 Å². The monoisotopic (exact) mass is 475 g/mol.